The summed E-state index contributed by atoms with van der Waals surface area (Å²) in [5, 5.41) is 12.4. The molecular weight excluding hydrogens is 181 g/mol. The number of hydrogen-bond donors (Lipinski definition) is 2. The van der Waals surface area contributed by atoms with Crippen molar-refractivity contribution < 1.29 is 9.50 Å². The van der Waals surface area contributed by atoms with E-state index in [-0.39, 0.29) is 5.75 Å². The summed E-state index contributed by atoms with van der Waals surface area (Å²) in [5.41, 5.74) is 0.944. The molecule has 1 aliphatic rings. The second-order valence-electron chi connectivity index (χ2n) is 3.78. The first-order valence-corrected chi connectivity index (χ1v) is 4.96. The van der Waals surface area contributed by atoms with Gasteiger partial charge < -0.3 is 10.4 Å². The standard InChI is InChI=1S/C11H14FNO/c12-10-7-8(3-4-11(10)14)6-9-2-1-5-13-9/h3-4,7,9,13-14H,1-2,5-6H2. The van der Waals surface area contributed by atoms with Gasteiger partial charge in [-0.05, 0) is 43.5 Å². The monoisotopic (exact) mass is 195 g/mol. The normalized spacial score (nSPS) is 21.4. The fourth-order valence-corrected chi connectivity index (χ4v) is 1.89. The predicted molar refractivity (Wildman–Crippen MR) is 52.8 cm³/mol. The maximum absolute atomic E-state index is 13.0. The summed E-state index contributed by atoms with van der Waals surface area (Å²) >= 11 is 0. The van der Waals surface area contributed by atoms with Gasteiger partial charge in [0.1, 0.15) is 0 Å². The van der Waals surface area contributed by atoms with E-state index < -0.39 is 5.82 Å². The van der Waals surface area contributed by atoms with Crippen LogP contribution in [0.15, 0.2) is 18.2 Å². The topological polar surface area (TPSA) is 32.3 Å². The Morgan fingerprint density at radius 3 is 3.00 bits per heavy atom. The number of rotatable bonds is 2. The van der Waals surface area contributed by atoms with E-state index in [0.717, 1.165) is 24.9 Å². The van der Waals surface area contributed by atoms with Crippen molar-refractivity contribution in [1.82, 2.24) is 5.32 Å². The maximum atomic E-state index is 13.0. The van der Waals surface area contributed by atoms with Crippen molar-refractivity contribution in [1.29, 1.82) is 0 Å². The molecule has 3 heteroatoms. The summed E-state index contributed by atoms with van der Waals surface area (Å²) in [6, 6.07) is 5.08. The van der Waals surface area contributed by atoms with Crippen LogP contribution in [0.4, 0.5) is 4.39 Å². The number of phenolic OH excluding ortho intramolecular Hbond substituents is 1. The quantitative estimate of drug-likeness (QED) is 0.754. The molecule has 0 bridgehead atoms. The van der Waals surface area contributed by atoms with Gasteiger partial charge in [0.05, 0.1) is 0 Å². The molecule has 1 saturated heterocycles. The van der Waals surface area contributed by atoms with Crippen molar-refractivity contribution in [2.45, 2.75) is 25.3 Å². The van der Waals surface area contributed by atoms with Crippen LogP contribution < -0.4 is 5.32 Å². The summed E-state index contributed by atoms with van der Waals surface area (Å²) < 4.78 is 13.0. The summed E-state index contributed by atoms with van der Waals surface area (Å²) in [4.78, 5) is 0. The van der Waals surface area contributed by atoms with Crippen LogP contribution in [-0.2, 0) is 6.42 Å². The van der Waals surface area contributed by atoms with Crippen LogP contribution in [0.3, 0.4) is 0 Å². The lowest BCUT2D eigenvalue weighted by molar-refractivity contribution is 0.431. The minimum Gasteiger partial charge on any atom is -0.505 e. The van der Waals surface area contributed by atoms with Crippen LogP contribution >= 0.6 is 0 Å². The van der Waals surface area contributed by atoms with Crippen molar-refractivity contribution in [2.24, 2.45) is 0 Å². The number of benzene rings is 1. The first kappa shape index (κ1) is 9.46. The Morgan fingerprint density at radius 1 is 1.50 bits per heavy atom. The largest absolute Gasteiger partial charge is 0.505 e. The Hall–Kier alpha value is -1.09. The minimum absolute atomic E-state index is 0.270. The summed E-state index contributed by atoms with van der Waals surface area (Å²) in [7, 11) is 0. The SMILES string of the molecule is Oc1ccc(CC2CCCN2)cc1F. The third kappa shape index (κ3) is 2.04. The fraction of sp³-hybridized carbons (Fsp3) is 0.455. The Balaban J connectivity index is 2.05. The molecule has 2 rings (SSSR count). The summed E-state index contributed by atoms with van der Waals surface area (Å²) in [6.07, 6.45) is 3.20. The van der Waals surface area contributed by atoms with Crippen molar-refractivity contribution in [3.8, 4) is 5.75 Å². The van der Waals surface area contributed by atoms with E-state index in [1.807, 2.05) is 0 Å². The molecule has 0 amide bonds. The predicted octanol–water partition coefficient (Wildman–Crippen LogP) is 1.83. The molecule has 76 valence electrons. The number of nitrogens with one attached hydrogen (secondary N) is 1. The highest BCUT2D eigenvalue weighted by molar-refractivity contribution is 5.28. The first-order chi connectivity index (χ1) is 6.75. The Bertz CT molecular complexity index is 321. The zero-order chi connectivity index (χ0) is 9.97. The molecule has 1 aromatic rings. The van der Waals surface area contributed by atoms with Crippen LogP contribution in [0.1, 0.15) is 18.4 Å². The average molecular weight is 195 g/mol. The number of hydrogen-bond acceptors (Lipinski definition) is 2. The molecule has 2 nitrogen and oxygen atoms in total. The van der Waals surface area contributed by atoms with Gasteiger partial charge >= 0.3 is 0 Å². The Kier molecular flexibility index (Phi) is 2.68. The van der Waals surface area contributed by atoms with Gasteiger partial charge in [-0.3, -0.25) is 0 Å². The molecule has 0 aliphatic carbocycles. The minimum atomic E-state index is -0.527. The van der Waals surface area contributed by atoms with Gasteiger partial charge in [0.15, 0.2) is 11.6 Å². The molecule has 0 radical (unpaired) electrons. The lowest BCUT2D eigenvalue weighted by Gasteiger charge is -2.09. The molecule has 1 atom stereocenters. The van der Waals surface area contributed by atoms with Gasteiger partial charge in [0.2, 0.25) is 0 Å². The first-order valence-electron chi connectivity index (χ1n) is 4.96. The third-order valence-electron chi connectivity index (χ3n) is 2.66. The second kappa shape index (κ2) is 3.96. The van der Waals surface area contributed by atoms with E-state index in [4.69, 9.17) is 5.11 Å². The summed E-state index contributed by atoms with van der Waals surface area (Å²) in [5.74, 6) is -0.798. The zero-order valence-corrected chi connectivity index (χ0v) is 7.96. The van der Waals surface area contributed by atoms with Crippen LogP contribution in [0.25, 0.3) is 0 Å². The molecule has 1 fully saturated rings. The van der Waals surface area contributed by atoms with Crippen LogP contribution in [-0.4, -0.2) is 17.7 Å². The van der Waals surface area contributed by atoms with E-state index >= 15 is 0 Å². The third-order valence-corrected chi connectivity index (χ3v) is 2.66. The van der Waals surface area contributed by atoms with Gasteiger partial charge in [-0.15, -0.1) is 0 Å². The van der Waals surface area contributed by atoms with E-state index in [1.54, 1.807) is 6.07 Å². The molecule has 1 unspecified atom stereocenters. The van der Waals surface area contributed by atoms with Gasteiger partial charge in [0.25, 0.3) is 0 Å². The molecule has 1 aromatic carbocycles. The molecule has 1 heterocycles. The molecule has 1 aliphatic heterocycles. The van der Waals surface area contributed by atoms with Crippen LogP contribution in [0.2, 0.25) is 0 Å². The molecule has 0 spiro atoms. The molecule has 2 N–H and O–H groups in total. The highest BCUT2D eigenvalue weighted by Crippen LogP contribution is 2.18. The highest BCUT2D eigenvalue weighted by atomic mass is 19.1. The zero-order valence-electron chi connectivity index (χ0n) is 7.96. The van der Waals surface area contributed by atoms with Crippen molar-refractivity contribution >= 4 is 0 Å². The Labute approximate surface area is 82.8 Å². The lowest BCUT2D eigenvalue weighted by Crippen LogP contribution is -2.23. The molecule has 0 saturated carbocycles. The molecule has 0 aromatic heterocycles. The van der Waals surface area contributed by atoms with Gasteiger partial charge in [-0.2, -0.15) is 0 Å². The van der Waals surface area contributed by atoms with E-state index in [0.29, 0.717) is 6.04 Å². The molecular formula is C11H14FNO. The average Bonchev–Trinajstić information content (AvgIpc) is 2.64. The highest BCUT2D eigenvalue weighted by Gasteiger charge is 2.14. The lowest BCUT2D eigenvalue weighted by atomic mass is 10.0. The fourth-order valence-electron chi connectivity index (χ4n) is 1.89. The van der Waals surface area contributed by atoms with Crippen molar-refractivity contribution in [3.63, 3.8) is 0 Å². The Morgan fingerprint density at radius 2 is 2.36 bits per heavy atom. The number of phenols is 1. The second-order valence-corrected chi connectivity index (χ2v) is 3.78. The molecule has 14 heavy (non-hydrogen) atoms. The van der Waals surface area contributed by atoms with E-state index in [9.17, 15) is 4.39 Å². The summed E-state index contributed by atoms with van der Waals surface area (Å²) in [6.45, 7) is 1.06. The van der Waals surface area contributed by atoms with Crippen molar-refractivity contribution in [3.05, 3.63) is 29.6 Å². The van der Waals surface area contributed by atoms with Crippen LogP contribution in [0.5, 0.6) is 5.75 Å². The van der Waals surface area contributed by atoms with Crippen molar-refractivity contribution in [2.75, 3.05) is 6.54 Å². The van der Waals surface area contributed by atoms with Crippen LogP contribution in [0, 0.1) is 5.82 Å². The van der Waals surface area contributed by atoms with E-state index in [1.165, 1.54) is 18.6 Å². The van der Waals surface area contributed by atoms with Gasteiger partial charge in [-0.1, -0.05) is 6.07 Å². The van der Waals surface area contributed by atoms with Gasteiger partial charge in [-0.25, -0.2) is 4.39 Å². The maximum Gasteiger partial charge on any atom is 0.165 e. The van der Waals surface area contributed by atoms with Gasteiger partial charge in [0, 0.05) is 6.04 Å². The van der Waals surface area contributed by atoms with E-state index in [2.05, 4.69) is 5.32 Å². The smallest absolute Gasteiger partial charge is 0.165 e. The number of halogens is 1. The number of aromatic hydroxyl groups is 1.